The molecule has 1 atom stereocenters. The minimum absolute atomic E-state index is 0.405. The summed E-state index contributed by atoms with van der Waals surface area (Å²) in [5, 5.41) is 10.8. The summed E-state index contributed by atoms with van der Waals surface area (Å²) in [5.74, 6) is 1.46. The van der Waals surface area contributed by atoms with Gasteiger partial charge >= 0.3 is 0 Å². The standard InChI is InChI=1S/C51H32N4OS/c1-3-13-31(14-4-1)49-52-50(32-15-5-2-6-16-32)54-51(53-49)39-21-11-20-38-47-35(19-12-24-44(47)56-48(38)39)33-25-27-45-40(29-33)41-30-34(26-28-46(41)57-45)55-42-22-9-7-17-36(42)37-18-8-10-23-43(37)55/h1-30,51H,(H,52,53,54). The lowest BCUT2D eigenvalue weighted by Gasteiger charge is -2.23. The van der Waals surface area contributed by atoms with Gasteiger partial charge in [-0.1, -0.05) is 133 Å². The highest BCUT2D eigenvalue weighted by Gasteiger charge is 2.25. The highest BCUT2D eigenvalue weighted by atomic mass is 32.1. The van der Waals surface area contributed by atoms with E-state index < -0.39 is 6.17 Å². The van der Waals surface area contributed by atoms with Crippen molar-refractivity contribution in [3.05, 3.63) is 199 Å². The molecule has 0 spiro atoms. The van der Waals surface area contributed by atoms with Crippen LogP contribution in [0, 0.1) is 0 Å². The van der Waals surface area contributed by atoms with Gasteiger partial charge in [-0.05, 0) is 59.7 Å². The van der Waals surface area contributed by atoms with Crippen LogP contribution >= 0.6 is 11.3 Å². The van der Waals surface area contributed by atoms with Crippen LogP contribution in [-0.2, 0) is 0 Å². The zero-order valence-corrected chi connectivity index (χ0v) is 31.4. The summed E-state index contributed by atoms with van der Waals surface area (Å²) in [6.07, 6.45) is -0.405. The maximum Gasteiger partial charge on any atom is 0.159 e. The number of nitrogens with one attached hydrogen (secondary N) is 1. The molecule has 1 N–H and O–H groups in total. The molecule has 12 rings (SSSR count). The number of amidine groups is 2. The monoisotopic (exact) mass is 748 g/mol. The summed E-state index contributed by atoms with van der Waals surface area (Å²) >= 11 is 1.84. The van der Waals surface area contributed by atoms with E-state index >= 15 is 0 Å². The number of aliphatic imine (C=N–C) groups is 2. The number of nitrogens with zero attached hydrogens (tertiary/aromatic N) is 3. The lowest BCUT2D eigenvalue weighted by molar-refractivity contribution is 0.628. The van der Waals surface area contributed by atoms with Crippen LogP contribution < -0.4 is 5.32 Å². The second-order valence-corrected chi connectivity index (χ2v) is 15.6. The Morgan fingerprint density at radius 2 is 1.18 bits per heavy atom. The molecule has 1 aliphatic rings. The highest BCUT2D eigenvalue weighted by molar-refractivity contribution is 7.25. The van der Waals surface area contributed by atoms with Crippen molar-refractivity contribution >= 4 is 86.9 Å². The number of fused-ring (bicyclic) bond motifs is 9. The van der Waals surface area contributed by atoms with Gasteiger partial charge in [0, 0.05) is 64.1 Å². The van der Waals surface area contributed by atoms with Crippen molar-refractivity contribution in [3.63, 3.8) is 0 Å². The quantitative estimate of drug-likeness (QED) is 0.191. The summed E-state index contributed by atoms with van der Waals surface area (Å²) < 4.78 is 11.7. The number of para-hydroxylation sites is 3. The molecule has 1 aliphatic heterocycles. The van der Waals surface area contributed by atoms with Gasteiger partial charge in [0.1, 0.15) is 17.0 Å². The summed E-state index contributed by atoms with van der Waals surface area (Å²) in [7, 11) is 0. The second kappa shape index (κ2) is 12.6. The number of furan rings is 1. The molecule has 0 amide bonds. The van der Waals surface area contributed by atoms with Gasteiger partial charge in [-0.15, -0.1) is 11.3 Å². The molecule has 8 aromatic carbocycles. The van der Waals surface area contributed by atoms with E-state index in [2.05, 4.69) is 155 Å². The third kappa shape index (κ3) is 5.08. The van der Waals surface area contributed by atoms with Crippen molar-refractivity contribution in [1.29, 1.82) is 0 Å². The van der Waals surface area contributed by atoms with Gasteiger partial charge in [0.25, 0.3) is 0 Å². The lowest BCUT2D eigenvalue weighted by Crippen LogP contribution is -2.33. The minimum Gasteiger partial charge on any atom is -0.456 e. The zero-order valence-electron chi connectivity index (χ0n) is 30.6. The molecule has 6 heteroatoms. The number of benzene rings is 8. The largest absolute Gasteiger partial charge is 0.456 e. The molecule has 3 aromatic heterocycles. The predicted octanol–water partition coefficient (Wildman–Crippen LogP) is 13.2. The summed E-state index contributed by atoms with van der Waals surface area (Å²) in [4.78, 5) is 10.2. The molecule has 57 heavy (non-hydrogen) atoms. The molecular weight excluding hydrogens is 717 g/mol. The van der Waals surface area contributed by atoms with Crippen LogP contribution in [0.1, 0.15) is 22.9 Å². The van der Waals surface area contributed by atoms with Gasteiger partial charge in [0.15, 0.2) is 12.0 Å². The van der Waals surface area contributed by atoms with Crippen molar-refractivity contribution in [2.45, 2.75) is 6.17 Å². The Bertz CT molecular complexity index is 3390. The van der Waals surface area contributed by atoms with Crippen LogP contribution in [0.2, 0.25) is 0 Å². The summed E-state index contributed by atoms with van der Waals surface area (Å²) in [6, 6.07) is 64.4. The van der Waals surface area contributed by atoms with E-state index in [0.29, 0.717) is 5.84 Å². The van der Waals surface area contributed by atoms with Gasteiger partial charge in [0.05, 0.1) is 11.0 Å². The van der Waals surface area contributed by atoms with Gasteiger partial charge in [-0.2, -0.15) is 0 Å². The molecule has 1 unspecified atom stereocenters. The van der Waals surface area contributed by atoms with Crippen LogP contribution in [0.4, 0.5) is 0 Å². The molecule has 0 aliphatic carbocycles. The van der Waals surface area contributed by atoms with E-state index in [4.69, 9.17) is 14.4 Å². The van der Waals surface area contributed by atoms with Gasteiger partial charge in [-0.3, -0.25) is 0 Å². The fourth-order valence-electron chi connectivity index (χ4n) is 8.67. The first-order valence-electron chi connectivity index (χ1n) is 19.2. The number of thiophene rings is 1. The van der Waals surface area contributed by atoms with Crippen LogP contribution in [0.25, 0.3) is 80.7 Å². The van der Waals surface area contributed by atoms with E-state index in [1.165, 1.54) is 42.0 Å². The average Bonchev–Trinajstić information content (AvgIpc) is 3.96. The highest BCUT2D eigenvalue weighted by Crippen LogP contribution is 2.43. The van der Waals surface area contributed by atoms with E-state index in [9.17, 15) is 0 Å². The van der Waals surface area contributed by atoms with Crippen molar-refractivity contribution in [1.82, 2.24) is 9.88 Å². The Morgan fingerprint density at radius 1 is 0.526 bits per heavy atom. The fourth-order valence-corrected chi connectivity index (χ4v) is 9.73. The summed E-state index contributed by atoms with van der Waals surface area (Å²) in [5.41, 5.74) is 10.5. The fraction of sp³-hybridized carbons (Fsp3) is 0.0196. The first-order valence-corrected chi connectivity index (χ1v) is 20.0. The van der Waals surface area contributed by atoms with E-state index in [-0.39, 0.29) is 0 Å². The molecule has 0 bridgehead atoms. The van der Waals surface area contributed by atoms with Crippen molar-refractivity contribution < 1.29 is 4.42 Å². The topological polar surface area (TPSA) is 54.8 Å². The number of hydrogen-bond donors (Lipinski definition) is 1. The van der Waals surface area contributed by atoms with Crippen molar-refractivity contribution in [3.8, 4) is 16.8 Å². The third-order valence-corrected chi connectivity index (χ3v) is 12.4. The predicted molar refractivity (Wildman–Crippen MR) is 238 cm³/mol. The normalized spacial score (nSPS) is 14.5. The SMILES string of the molecule is c1ccc(C2=NC(c3cccc4c3oc3cccc(-c5ccc6sc7ccc(-n8c9ccccc9c9ccccc98)cc7c6c5)c34)NC(c3ccccc3)=N2)cc1. The van der Waals surface area contributed by atoms with Crippen LogP contribution in [0.5, 0.6) is 0 Å². The maximum absolute atomic E-state index is 6.80. The minimum atomic E-state index is -0.405. The molecule has 0 fully saturated rings. The Balaban J connectivity index is 0.999. The zero-order chi connectivity index (χ0) is 37.5. The van der Waals surface area contributed by atoms with Crippen molar-refractivity contribution in [2.75, 3.05) is 0 Å². The van der Waals surface area contributed by atoms with Crippen LogP contribution in [-0.4, -0.2) is 16.2 Å². The molecular formula is C51H32N4OS. The molecule has 0 radical (unpaired) electrons. The number of hydrogen-bond acceptors (Lipinski definition) is 5. The molecule has 268 valence electrons. The second-order valence-electron chi connectivity index (χ2n) is 14.6. The molecule has 0 saturated carbocycles. The third-order valence-electron chi connectivity index (χ3n) is 11.3. The van der Waals surface area contributed by atoms with Gasteiger partial charge in [0.2, 0.25) is 0 Å². The van der Waals surface area contributed by atoms with E-state index in [1.807, 2.05) is 47.7 Å². The van der Waals surface area contributed by atoms with E-state index in [0.717, 1.165) is 61.3 Å². The Hall–Kier alpha value is -7.28. The molecule has 5 nitrogen and oxygen atoms in total. The first kappa shape index (κ1) is 32.0. The van der Waals surface area contributed by atoms with Crippen LogP contribution in [0.3, 0.4) is 0 Å². The Labute approximate surface area is 331 Å². The Kier molecular flexibility index (Phi) is 7.09. The summed E-state index contributed by atoms with van der Waals surface area (Å²) in [6.45, 7) is 0. The van der Waals surface area contributed by atoms with Crippen molar-refractivity contribution in [2.24, 2.45) is 9.98 Å². The Morgan fingerprint density at radius 3 is 1.95 bits per heavy atom. The van der Waals surface area contributed by atoms with Gasteiger partial charge in [-0.25, -0.2) is 9.98 Å². The van der Waals surface area contributed by atoms with Crippen LogP contribution in [0.15, 0.2) is 196 Å². The smallest absolute Gasteiger partial charge is 0.159 e. The molecule has 4 heterocycles. The maximum atomic E-state index is 6.80. The number of aromatic nitrogens is 1. The van der Waals surface area contributed by atoms with Gasteiger partial charge < -0.3 is 14.3 Å². The lowest BCUT2D eigenvalue weighted by atomic mass is 9.97. The molecule has 11 aromatic rings. The average molecular weight is 749 g/mol. The first-order chi connectivity index (χ1) is 28.2. The number of rotatable bonds is 5. The molecule has 0 saturated heterocycles. The van der Waals surface area contributed by atoms with E-state index in [1.54, 1.807) is 0 Å².